The third-order valence-corrected chi connectivity index (χ3v) is 9.22. The molecule has 6 amide bonds. The third-order valence-electron chi connectivity index (χ3n) is 9.22. The highest BCUT2D eigenvalue weighted by Gasteiger charge is 2.43. The largest absolute Gasteiger partial charge is 0.346 e. The number of carbonyl (C=O) groups excluding carboxylic acids is 6. The Balaban J connectivity index is 1.70. The average molecular weight is 645 g/mol. The molecule has 3 fully saturated rings. The maximum atomic E-state index is 14.1. The van der Waals surface area contributed by atoms with E-state index >= 15 is 0 Å². The second kappa shape index (κ2) is 15.9. The second-order valence-electron chi connectivity index (χ2n) is 15.3. The Morgan fingerprint density at radius 3 is 2.20 bits per heavy atom. The maximum absolute atomic E-state index is 14.1. The lowest BCUT2D eigenvalue weighted by molar-refractivity contribution is -0.143. The summed E-state index contributed by atoms with van der Waals surface area (Å²) in [5.41, 5.74) is -1.04. The van der Waals surface area contributed by atoms with Gasteiger partial charge in [-0.25, -0.2) is 4.79 Å². The molecule has 1 unspecified atom stereocenters. The molecule has 2 heterocycles. The lowest BCUT2D eigenvalue weighted by Gasteiger charge is -2.38. The van der Waals surface area contributed by atoms with Gasteiger partial charge in [-0.15, -0.1) is 6.58 Å². The molecule has 1 aliphatic carbocycles. The molecule has 4 N–H and O–H groups in total. The first-order valence-electron chi connectivity index (χ1n) is 16.9. The van der Waals surface area contributed by atoms with Crippen molar-refractivity contribution in [2.75, 3.05) is 26.2 Å². The van der Waals surface area contributed by atoms with Crippen LogP contribution in [0.25, 0.3) is 0 Å². The van der Waals surface area contributed by atoms with E-state index in [4.69, 9.17) is 0 Å². The van der Waals surface area contributed by atoms with Crippen molar-refractivity contribution in [3.63, 3.8) is 0 Å². The number of carbonyl (C=O) groups is 6. The van der Waals surface area contributed by atoms with E-state index in [2.05, 4.69) is 27.8 Å². The van der Waals surface area contributed by atoms with E-state index in [1.807, 2.05) is 41.5 Å². The molecule has 0 bridgehead atoms. The minimum absolute atomic E-state index is 0.0711. The molecule has 1 saturated carbocycles. The molecule has 0 radical (unpaired) electrons. The zero-order valence-electron chi connectivity index (χ0n) is 28.7. The van der Waals surface area contributed by atoms with Gasteiger partial charge in [0.25, 0.3) is 5.91 Å². The van der Waals surface area contributed by atoms with Gasteiger partial charge in [0.05, 0.1) is 12.1 Å². The molecule has 12 nitrogen and oxygen atoms in total. The summed E-state index contributed by atoms with van der Waals surface area (Å²) in [6.45, 7) is 16.6. The minimum atomic E-state index is -0.993. The van der Waals surface area contributed by atoms with E-state index in [-0.39, 0.29) is 29.8 Å². The average Bonchev–Trinajstić information content (AvgIpc) is 3.49. The standard InChI is InChI=1S/C34H56N6O6/c1-8-18-35-30(44)27(42)23(13-9-12-22-16-17-22)36-29(43)24-14-10-20-40(24)31(45)28(34(5,6)7)38-32(46)37-25(33(2,3)4)21-39-19-11-15-26(39)41/h8,22-25,28H,1,9-21H2,2-7H3,(H,35,44)(H,36,43)(H2,37,38,46)/t23?,24-,25+,28+/m0/s1. The summed E-state index contributed by atoms with van der Waals surface area (Å²) in [4.78, 5) is 82.2. The summed E-state index contributed by atoms with van der Waals surface area (Å²) < 4.78 is 0. The normalized spacial score (nSPS) is 20.5. The van der Waals surface area contributed by atoms with Gasteiger partial charge < -0.3 is 31.1 Å². The van der Waals surface area contributed by atoms with Crippen molar-refractivity contribution in [2.24, 2.45) is 16.7 Å². The first-order chi connectivity index (χ1) is 21.5. The van der Waals surface area contributed by atoms with Crippen molar-refractivity contribution in [1.29, 1.82) is 0 Å². The molecular formula is C34H56N6O6. The Bertz CT molecular complexity index is 1150. The quantitative estimate of drug-likeness (QED) is 0.159. The van der Waals surface area contributed by atoms with Crippen LogP contribution < -0.4 is 21.3 Å². The summed E-state index contributed by atoms with van der Waals surface area (Å²) in [6.07, 6.45) is 8.09. The monoisotopic (exact) mass is 644 g/mol. The number of urea groups is 1. The Morgan fingerprint density at radius 2 is 1.63 bits per heavy atom. The molecule has 3 aliphatic rings. The number of likely N-dealkylation sites (tertiary alicyclic amines) is 2. The summed E-state index contributed by atoms with van der Waals surface area (Å²) >= 11 is 0. The van der Waals surface area contributed by atoms with Gasteiger partial charge in [-0.05, 0) is 42.4 Å². The number of nitrogens with zero attached hydrogens (tertiary/aromatic N) is 2. The van der Waals surface area contributed by atoms with Crippen LogP contribution in [0.1, 0.15) is 99.3 Å². The molecule has 4 atom stereocenters. The fraction of sp³-hybridized carbons (Fsp3) is 0.765. The van der Waals surface area contributed by atoms with Gasteiger partial charge in [-0.3, -0.25) is 24.0 Å². The van der Waals surface area contributed by atoms with Crippen molar-refractivity contribution >= 4 is 35.4 Å². The van der Waals surface area contributed by atoms with E-state index in [1.165, 1.54) is 23.8 Å². The van der Waals surface area contributed by atoms with Crippen molar-refractivity contribution < 1.29 is 28.8 Å². The van der Waals surface area contributed by atoms with Crippen molar-refractivity contribution in [1.82, 2.24) is 31.1 Å². The Hall–Kier alpha value is -3.44. The first kappa shape index (κ1) is 37.0. The van der Waals surface area contributed by atoms with Crippen LogP contribution in [0.2, 0.25) is 0 Å². The first-order valence-corrected chi connectivity index (χ1v) is 16.9. The fourth-order valence-corrected chi connectivity index (χ4v) is 6.07. The van der Waals surface area contributed by atoms with E-state index in [0.29, 0.717) is 57.7 Å². The van der Waals surface area contributed by atoms with Crippen LogP contribution in [-0.2, 0) is 24.0 Å². The summed E-state index contributed by atoms with van der Waals surface area (Å²) in [6, 6.07) is -3.65. The zero-order chi connectivity index (χ0) is 34.2. The van der Waals surface area contributed by atoms with Crippen molar-refractivity contribution in [2.45, 2.75) is 123 Å². The van der Waals surface area contributed by atoms with Crippen LogP contribution in [0.15, 0.2) is 12.7 Å². The van der Waals surface area contributed by atoms with Crippen LogP contribution in [-0.4, -0.2) is 95.6 Å². The lowest BCUT2D eigenvalue weighted by atomic mass is 9.85. The number of ketones is 1. The van der Waals surface area contributed by atoms with Gasteiger partial charge in [0.15, 0.2) is 0 Å². The summed E-state index contributed by atoms with van der Waals surface area (Å²) in [7, 11) is 0. The topological polar surface area (TPSA) is 157 Å². The number of hydrogen-bond acceptors (Lipinski definition) is 6. The maximum Gasteiger partial charge on any atom is 0.315 e. The van der Waals surface area contributed by atoms with Gasteiger partial charge in [0.1, 0.15) is 12.1 Å². The predicted octanol–water partition coefficient (Wildman–Crippen LogP) is 2.66. The molecule has 0 aromatic rings. The Labute approximate surface area is 274 Å². The second-order valence-corrected chi connectivity index (χ2v) is 15.3. The van der Waals surface area contributed by atoms with E-state index in [1.54, 1.807) is 4.90 Å². The van der Waals surface area contributed by atoms with Crippen LogP contribution in [0.5, 0.6) is 0 Å². The summed E-state index contributed by atoms with van der Waals surface area (Å²) in [5.74, 6) is -1.64. The lowest BCUT2D eigenvalue weighted by Crippen LogP contribution is -2.61. The highest BCUT2D eigenvalue weighted by molar-refractivity contribution is 6.38. The van der Waals surface area contributed by atoms with Crippen LogP contribution >= 0.6 is 0 Å². The SMILES string of the molecule is C=CCNC(=O)C(=O)C(CCCC1CC1)NC(=O)[C@@H]1CCCN1C(=O)[C@@H](NC(=O)N[C@H](CN1CCCC1=O)C(C)(C)C)C(C)(C)C. The number of Topliss-reactive ketones (excluding diaryl/α,β-unsaturated/α-hetero) is 1. The number of rotatable bonds is 15. The van der Waals surface area contributed by atoms with Gasteiger partial charge in [-0.2, -0.15) is 0 Å². The molecular weight excluding hydrogens is 588 g/mol. The van der Waals surface area contributed by atoms with Gasteiger partial charge >= 0.3 is 6.03 Å². The van der Waals surface area contributed by atoms with E-state index < -0.39 is 47.2 Å². The minimum Gasteiger partial charge on any atom is -0.346 e. The van der Waals surface area contributed by atoms with E-state index in [0.717, 1.165) is 12.8 Å². The third kappa shape index (κ3) is 10.6. The number of amides is 6. The smallest absolute Gasteiger partial charge is 0.315 e. The van der Waals surface area contributed by atoms with Gasteiger partial charge in [0, 0.05) is 32.6 Å². The van der Waals surface area contributed by atoms with Gasteiger partial charge in [0.2, 0.25) is 23.5 Å². The number of hydrogen-bond donors (Lipinski definition) is 4. The Morgan fingerprint density at radius 1 is 0.935 bits per heavy atom. The van der Waals surface area contributed by atoms with Crippen molar-refractivity contribution in [3.05, 3.63) is 12.7 Å². The molecule has 0 aromatic heterocycles. The zero-order valence-corrected chi connectivity index (χ0v) is 28.7. The summed E-state index contributed by atoms with van der Waals surface area (Å²) in [5, 5.41) is 11.2. The highest BCUT2D eigenvalue weighted by atomic mass is 16.2. The molecule has 2 aliphatic heterocycles. The molecule has 2 saturated heterocycles. The Kier molecular flexibility index (Phi) is 12.8. The van der Waals surface area contributed by atoms with Gasteiger partial charge in [-0.1, -0.05) is 73.3 Å². The van der Waals surface area contributed by atoms with Crippen molar-refractivity contribution in [3.8, 4) is 0 Å². The molecule has 0 aromatic carbocycles. The van der Waals surface area contributed by atoms with Crippen LogP contribution in [0.3, 0.4) is 0 Å². The molecule has 0 spiro atoms. The van der Waals surface area contributed by atoms with E-state index in [9.17, 15) is 28.8 Å². The molecule has 258 valence electrons. The predicted molar refractivity (Wildman–Crippen MR) is 175 cm³/mol. The van der Waals surface area contributed by atoms with Crippen LogP contribution in [0.4, 0.5) is 4.79 Å². The number of nitrogens with one attached hydrogen (secondary N) is 4. The highest BCUT2D eigenvalue weighted by Crippen LogP contribution is 2.34. The van der Waals surface area contributed by atoms with Crippen LogP contribution in [0, 0.1) is 16.7 Å². The molecule has 46 heavy (non-hydrogen) atoms. The molecule has 12 heteroatoms. The fourth-order valence-electron chi connectivity index (χ4n) is 6.07. The molecule has 3 rings (SSSR count).